The maximum absolute atomic E-state index is 12.8. The molecule has 0 saturated heterocycles. The zero-order chi connectivity index (χ0) is 18.3. The van der Waals surface area contributed by atoms with Crippen molar-refractivity contribution >= 4 is 27.5 Å². The van der Waals surface area contributed by atoms with Gasteiger partial charge in [0.05, 0.1) is 29.3 Å². The normalized spacial score (nSPS) is 10.8. The van der Waals surface area contributed by atoms with Crippen molar-refractivity contribution in [3.63, 3.8) is 0 Å². The predicted molar refractivity (Wildman–Crippen MR) is 101 cm³/mol. The van der Waals surface area contributed by atoms with Crippen LogP contribution < -0.4 is 16.4 Å². The Morgan fingerprint density at radius 2 is 2.00 bits per heavy atom. The molecule has 0 spiro atoms. The Balaban J connectivity index is 1.98. The number of aromatic amines is 1. The Morgan fingerprint density at radius 1 is 1.19 bits per heavy atom. The van der Waals surface area contributed by atoms with Crippen LogP contribution in [0.3, 0.4) is 0 Å². The molecule has 4 aromatic rings. The van der Waals surface area contributed by atoms with Gasteiger partial charge in [0.15, 0.2) is 0 Å². The average Bonchev–Trinajstić information content (AvgIpc) is 2.68. The van der Waals surface area contributed by atoms with Crippen molar-refractivity contribution in [2.45, 2.75) is 0 Å². The standard InChI is InChI=1S/C19H13N5O2/c1-3-11-8-23-18(25)17-15(11)7-14(10-22-17)24-5-4-12-6-13(20-2)9-21-16(12)19(24)26/h1,4-10,20H,2H3,(H,23,25). The van der Waals surface area contributed by atoms with Crippen LogP contribution >= 0.6 is 0 Å². The molecule has 0 atom stereocenters. The molecule has 126 valence electrons. The molecule has 0 unspecified atom stereocenters. The van der Waals surface area contributed by atoms with Crippen molar-refractivity contribution < 1.29 is 0 Å². The van der Waals surface area contributed by atoms with Gasteiger partial charge < -0.3 is 10.3 Å². The number of hydrogen-bond acceptors (Lipinski definition) is 5. The second-order valence-corrected chi connectivity index (χ2v) is 5.67. The van der Waals surface area contributed by atoms with Gasteiger partial charge in [0.2, 0.25) is 0 Å². The number of H-pyrrole nitrogens is 1. The van der Waals surface area contributed by atoms with Crippen LogP contribution in [0.1, 0.15) is 5.56 Å². The summed E-state index contributed by atoms with van der Waals surface area (Å²) in [5.74, 6) is 2.52. The van der Waals surface area contributed by atoms with Crippen LogP contribution in [0, 0.1) is 12.3 Å². The number of nitrogens with one attached hydrogen (secondary N) is 2. The summed E-state index contributed by atoms with van der Waals surface area (Å²) in [6.07, 6.45) is 11.7. The van der Waals surface area contributed by atoms with E-state index < -0.39 is 0 Å². The number of hydrogen-bond donors (Lipinski definition) is 2. The molecule has 4 rings (SSSR count). The van der Waals surface area contributed by atoms with Crippen molar-refractivity contribution in [2.75, 3.05) is 12.4 Å². The highest BCUT2D eigenvalue weighted by Gasteiger charge is 2.10. The maximum Gasteiger partial charge on any atom is 0.281 e. The summed E-state index contributed by atoms with van der Waals surface area (Å²) < 4.78 is 1.43. The lowest BCUT2D eigenvalue weighted by molar-refractivity contribution is 0.992. The SMILES string of the molecule is C#Cc1c[nH]c(=O)c2ncc(-n3ccc4cc(NC)cnc4c3=O)cc12. The molecular formula is C19H13N5O2. The number of aromatic nitrogens is 4. The summed E-state index contributed by atoms with van der Waals surface area (Å²) in [5, 5.41) is 4.23. The van der Waals surface area contributed by atoms with Gasteiger partial charge in [-0.05, 0) is 18.2 Å². The first-order chi connectivity index (χ1) is 12.6. The maximum atomic E-state index is 12.8. The largest absolute Gasteiger partial charge is 0.387 e. The van der Waals surface area contributed by atoms with E-state index in [0.29, 0.717) is 22.2 Å². The molecule has 7 nitrogen and oxygen atoms in total. The molecule has 0 bridgehead atoms. The first-order valence-electron chi connectivity index (χ1n) is 7.80. The zero-order valence-electron chi connectivity index (χ0n) is 13.8. The summed E-state index contributed by atoms with van der Waals surface area (Å²) in [7, 11) is 1.79. The molecule has 26 heavy (non-hydrogen) atoms. The van der Waals surface area contributed by atoms with Gasteiger partial charge in [0.1, 0.15) is 11.0 Å². The Morgan fingerprint density at radius 3 is 2.77 bits per heavy atom. The van der Waals surface area contributed by atoms with Crippen LogP contribution in [0.5, 0.6) is 0 Å². The second-order valence-electron chi connectivity index (χ2n) is 5.67. The number of rotatable bonds is 2. The molecule has 0 aliphatic rings. The molecule has 0 saturated carbocycles. The number of pyridine rings is 4. The van der Waals surface area contributed by atoms with Crippen LogP contribution in [0.4, 0.5) is 5.69 Å². The highest BCUT2D eigenvalue weighted by Crippen LogP contribution is 2.18. The second kappa shape index (κ2) is 5.86. The predicted octanol–water partition coefficient (Wildman–Crippen LogP) is 1.65. The molecule has 4 heterocycles. The lowest BCUT2D eigenvalue weighted by atomic mass is 10.1. The van der Waals surface area contributed by atoms with Crippen molar-refractivity contribution in [3.05, 3.63) is 69.3 Å². The Labute approximate surface area is 147 Å². The Hall–Kier alpha value is -3.92. The van der Waals surface area contributed by atoms with Crippen LogP contribution in [-0.4, -0.2) is 26.6 Å². The van der Waals surface area contributed by atoms with Crippen molar-refractivity contribution in [1.82, 2.24) is 19.5 Å². The molecule has 0 fully saturated rings. The lowest BCUT2D eigenvalue weighted by Gasteiger charge is -2.09. The molecule has 0 amide bonds. The van der Waals surface area contributed by atoms with E-state index in [-0.39, 0.29) is 16.6 Å². The minimum atomic E-state index is -0.335. The number of fused-ring (bicyclic) bond motifs is 2. The van der Waals surface area contributed by atoms with E-state index in [9.17, 15) is 9.59 Å². The van der Waals surface area contributed by atoms with Gasteiger partial charge in [0.25, 0.3) is 11.1 Å². The highest BCUT2D eigenvalue weighted by molar-refractivity contribution is 5.86. The van der Waals surface area contributed by atoms with Crippen molar-refractivity contribution in [3.8, 4) is 18.0 Å². The fourth-order valence-electron chi connectivity index (χ4n) is 2.84. The van der Waals surface area contributed by atoms with E-state index in [0.717, 1.165) is 11.1 Å². The summed E-state index contributed by atoms with van der Waals surface area (Å²) >= 11 is 0. The molecule has 0 aliphatic heterocycles. The topological polar surface area (TPSA) is 92.7 Å². The number of anilines is 1. The number of nitrogens with zero attached hydrogens (tertiary/aromatic N) is 3. The lowest BCUT2D eigenvalue weighted by Crippen LogP contribution is -2.19. The Kier molecular flexibility index (Phi) is 3.52. The van der Waals surface area contributed by atoms with Gasteiger partial charge in [-0.15, -0.1) is 6.42 Å². The summed E-state index contributed by atoms with van der Waals surface area (Å²) in [5.41, 5.74) is 1.78. The van der Waals surface area contributed by atoms with Gasteiger partial charge in [-0.2, -0.15) is 0 Å². The van der Waals surface area contributed by atoms with Crippen molar-refractivity contribution in [1.29, 1.82) is 0 Å². The molecule has 2 N–H and O–H groups in total. The molecule has 0 aliphatic carbocycles. The van der Waals surface area contributed by atoms with Crippen LogP contribution in [0.2, 0.25) is 0 Å². The van der Waals surface area contributed by atoms with E-state index in [2.05, 4.69) is 26.2 Å². The molecule has 0 radical (unpaired) electrons. The fraction of sp³-hybridized carbons (Fsp3) is 0.0526. The Bertz CT molecular complexity index is 1330. The zero-order valence-corrected chi connectivity index (χ0v) is 13.8. The van der Waals surface area contributed by atoms with Crippen molar-refractivity contribution in [2.24, 2.45) is 0 Å². The van der Waals surface area contributed by atoms with E-state index in [1.807, 2.05) is 6.07 Å². The summed E-state index contributed by atoms with van der Waals surface area (Å²) in [4.78, 5) is 35.7. The van der Waals surface area contributed by atoms with Crippen LogP contribution in [-0.2, 0) is 0 Å². The van der Waals surface area contributed by atoms with E-state index in [1.54, 1.807) is 31.6 Å². The third-order valence-corrected chi connectivity index (χ3v) is 4.19. The third-order valence-electron chi connectivity index (χ3n) is 4.19. The minimum absolute atomic E-state index is 0.231. The highest BCUT2D eigenvalue weighted by atomic mass is 16.1. The van der Waals surface area contributed by atoms with E-state index >= 15 is 0 Å². The monoisotopic (exact) mass is 343 g/mol. The quantitative estimate of drug-likeness (QED) is 0.540. The molecular weight excluding hydrogens is 330 g/mol. The van der Waals surface area contributed by atoms with Gasteiger partial charge in [-0.25, -0.2) is 9.97 Å². The number of terminal acetylenes is 1. The molecule has 7 heteroatoms. The smallest absolute Gasteiger partial charge is 0.281 e. The fourth-order valence-corrected chi connectivity index (χ4v) is 2.84. The summed E-state index contributed by atoms with van der Waals surface area (Å²) in [6, 6.07) is 5.33. The van der Waals surface area contributed by atoms with Gasteiger partial charge in [-0.1, -0.05) is 5.92 Å². The van der Waals surface area contributed by atoms with Gasteiger partial charge >= 0.3 is 0 Å². The first-order valence-corrected chi connectivity index (χ1v) is 7.80. The molecule has 0 aromatic carbocycles. The molecule has 4 aromatic heterocycles. The average molecular weight is 343 g/mol. The van der Waals surface area contributed by atoms with Gasteiger partial charge in [0, 0.05) is 30.2 Å². The van der Waals surface area contributed by atoms with E-state index in [4.69, 9.17) is 6.42 Å². The van der Waals surface area contributed by atoms with Gasteiger partial charge in [-0.3, -0.25) is 14.2 Å². The summed E-state index contributed by atoms with van der Waals surface area (Å²) in [6.45, 7) is 0. The third kappa shape index (κ3) is 2.32. The van der Waals surface area contributed by atoms with E-state index in [1.165, 1.54) is 17.0 Å². The minimum Gasteiger partial charge on any atom is -0.387 e. The van der Waals surface area contributed by atoms with Crippen LogP contribution in [0.15, 0.2) is 52.6 Å². The van der Waals surface area contributed by atoms with Crippen LogP contribution in [0.25, 0.3) is 27.5 Å². The first kappa shape index (κ1) is 15.6.